The van der Waals surface area contributed by atoms with Gasteiger partial charge in [-0.15, -0.1) is 0 Å². The van der Waals surface area contributed by atoms with Crippen LogP contribution in [0.15, 0.2) is 48.5 Å². The van der Waals surface area contributed by atoms with Crippen LogP contribution in [0.4, 0.5) is 4.39 Å². The highest BCUT2D eigenvalue weighted by molar-refractivity contribution is 5.77. The Hall–Kier alpha value is -2.64. The quantitative estimate of drug-likeness (QED) is 0.532. The third kappa shape index (κ3) is 6.93. The number of hydrogen-bond acceptors (Lipinski definition) is 5. The molecular formula is C27H35FN2O4. The lowest BCUT2D eigenvalue weighted by molar-refractivity contribution is -0.127. The molecule has 1 amide bonds. The van der Waals surface area contributed by atoms with Crippen LogP contribution in [0.5, 0.6) is 11.5 Å². The van der Waals surface area contributed by atoms with E-state index in [1.165, 1.54) is 11.6 Å². The van der Waals surface area contributed by atoms with Crippen molar-refractivity contribution in [3.8, 4) is 11.5 Å². The average molecular weight is 471 g/mol. The molecule has 2 saturated heterocycles. The van der Waals surface area contributed by atoms with Crippen LogP contribution in [0.3, 0.4) is 0 Å². The van der Waals surface area contributed by atoms with Gasteiger partial charge >= 0.3 is 0 Å². The molecule has 184 valence electrons. The van der Waals surface area contributed by atoms with E-state index in [9.17, 15) is 14.3 Å². The molecule has 0 aromatic heterocycles. The molecule has 0 bridgehead atoms. The van der Waals surface area contributed by atoms with E-state index in [1.807, 2.05) is 17.0 Å². The van der Waals surface area contributed by atoms with Crippen LogP contribution in [-0.2, 0) is 11.3 Å². The van der Waals surface area contributed by atoms with Crippen molar-refractivity contribution in [3.63, 3.8) is 0 Å². The highest BCUT2D eigenvalue weighted by Gasteiger charge is 2.31. The molecule has 1 unspecified atom stereocenters. The summed E-state index contributed by atoms with van der Waals surface area (Å²) < 4.78 is 25.2. The number of halogens is 1. The molecule has 2 aliphatic rings. The smallest absolute Gasteiger partial charge is 0.222 e. The zero-order valence-corrected chi connectivity index (χ0v) is 19.8. The van der Waals surface area contributed by atoms with Gasteiger partial charge in [0.2, 0.25) is 5.91 Å². The molecule has 0 spiro atoms. The highest BCUT2D eigenvalue weighted by atomic mass is 19.1. The van der Waals surface area contributed by atoms with Gasteiger partial charge in [0.15, 0.2) is 11.6 Å². The van der Waals surface area contributed by atoms with Gasteiger partial charge in [-0.05, 0) is 68.5 Å². The second-order valence-electron chi connectivity index (χ2n) is 9.40. The Morgan fingerprint density at radius 3 is 2.56 bits per heavy atom. The molecule has 2 aromatic carbocycles. The van der Waals surface area contributed by atoms with Gasteiger partial charge in [-0.2, -0.15) is 0 Å². The summed E-state index contributed by atoms with van der Waals surface area (Å²) in [6, 6.07) is 14.4. The van der Waals surface area contributed by atoms with Crippen LogP contribution in [0, 0.1) is 5.82 Å². The number of ether oxygens (including phenoxy) is 2. The SMILES string of the molecule is O=C1CCCN1CCCOc1ccc(CN2CCCC(O)(COc3ccccc3F)CC2)cc1. The minimum absolute atomic E-state index is 0.0970. The van der Waals surface area contributed by atoms with E-state index in [1.54, 1.807) is 18.2 Å². The summed E-state index contributed by atoms with van der Waals surface area (Å²) in [7, 11) is 0. The lowest BCUT2D eigenvalue weighted by atomic mass is 9.96. The summed E-state index contributed by atoms with van der Waals surface area (Å²) in [5, 5.41) is 11.0. The minimum atomic E-state index is -0.950. The van der Waals surface area contributed by atoms with Crippen molar-refractivity contribution in [2.24, 2.45) is 0 Å². The topological polar surface area (TPSA) is 62.2 Å². The summed E-state index contributed by atoms with van der Waals surface area (Å²) in [6.45, 7) is 4.80. The van der Waals surface area contributed by atoms with Gasteiger partial charge in [-0.1, -0.05) is 24.3 Å². The Morgan fingerprint density at radius 2 is 1.79 bits per heavy atom. The van der Waals surface area contributed by atoms with E-state index in [0.717, 1.165) is 57.7 Å². The van der Waals surface area contributed by atoms with Gasteiger partial charge in [-0.25, -0.2) is 4.39 Å². The van der Waals surface area contributed by atoms with Gasteiger partial charge in [0.05, 0.1) is 12.2 Å². The molecule has 1 atom stereocenters. The van der Waals surface area contributed by atoms with Crippen molar-refractivity contribution >= 4 is 5.91 Å². The number of amides is 1. The molecule has 34 heavy (non-hydrogen) atoms. The monoisotopic (exact) mass is 470 g/mol. The Labute approximate surface area is 201 Å². The molecule has 2 heterocycles. The fourth-order valence-electron chi connectivity index (χ4n) is 4.65. The van der Waals surface area contributed by atoms with Crippen molar-refractivity contribution in [1.29, 1.82) is 0 Å². The first-order chi connectivity index (χ1) is 16.5. The lowest BCUT2D eigenvalue weighted by Crippen LogP contribution is -2.37. The fraction of sp³-hybridized carbons (Fsp3) is 0.519. The van der Waals surface area contributed by atoms with Gasteiger partial charge in [-0.3, -0.25) is 9.69 Å². The number of carbonyl (C=O) groups excluding carboxylic acids is 1. The third-order valence-electron chi connectivity index (χ3n) is 6.68. The number of nitrogens with zero attached hydrogens (tertiary/aromatic N) is 2. The zero-order chi connectivity index (χ0) is 23.8. The summed E-state index contributed by atoms with van der Waals surface area (Å²) in [5.41, 5.74) is 0.247. The van der Waals surface area contributed by atoms with E-state index in [2.05, 4.69) is 17.0 Å². The molecule has 7 heteroatoms. The average Bonchev–Trinajstić information content (AvgIpc) is 3.16. The highest BCUT2D eigenvalue weighted by Crippen LogP contribution is 2.26. The first-order valence-electron chi connectivity index (χ1n) is 12.3. The van der Waals surface area contributed by atoms with E-state index < -0.39 is 11.4 Å². The molecule has 2 fully saturated rings. The number of rotatable bonds is 10. The van der Waals surface area contributed by atoms with E-state index in [0.29, 0.717) is 25.9 Å². The van der Waals surface area contributed by atoms with Crippen LogP contribution in [-0.4, -0.2) is 65.8 Å². The molecule has 0 saturated carbocycles. The van der Waals surface area contributed by atoms with Crippen LogP contribution >= 0.6 is 0 Å². The number of carbonyl (C=O) groups is 1. The van der Waals surface area contributed by atoms with E-state index in [-0.39, 0.29) is 18.3 Å². The molecule has 0 radical (unpaired) electrons. The molecule has 0 aliphatic carbocycles. The normalized spacial score (nSPS) is 21.5. The molecule has 1 N–H and O–H groups in total. The summed E-state index contributed by atoms with van der Waals surface area (Å²) in [4.78, 5) is 15.9. The Kier molecular flexibility index (Phi) is 8.40. The summed E-state index contributed by atoms with van der Waals surface area (Å²) in [5.74, 6) is 0.875. The largest absolute Gasteiger partial charge is 0.494 e. The predicted molar refractivity (Wildman–Crippen MR) is 128 cm³/mol. The number of benzene rings is 2. The Balaban J connectivity index is 1.19. The molecule has 2 aromatic rings. The molecular weight excluding hydrogens is 435 g/mol. The second kappa shape index (κ2) is 11.7. The van der Waals surface area contributed by atoms with E-state index >= 15 is 0 Å². The van der Waals surface area contributed by atoms with Crippen molar-refractivity contribution in [1.82, 2.24) is 9.80 Å². The van der Waals surface area contributed by atoms with Crippen LogP contribution in [0.25, 0.3) is 0 Å². The van der Waals surface area contributed by atoms with Gasteiger partial charge in [0, 0.05) is 32.6 Å². The van der Waals surface area contributed by atoms with Crippen molar-refractivity contribution in [2.45, 2.75) is 50.7 Å². The maximum Gasteiger partial charge on any atom is 0.222 e. The maximum absolute atomic E-state index is 13.8. The van der Waals surface area contributed by atoms with Gasteiger partial charge < -0.3 is 19.5 Å². The zero-order valence-electron chi connectivity index (χ0n) is 19.8. The lowest BCUT2D eigenvalue weighted by Gasteiger charge is -2.27. The predicted octanol–water partition coefficient (Wildman–Crippen LogP) is 4.01. The standard InChI is InChI=1S/C27H35FN2O4/c28-24-6-1-2-7-25(24)34-21-27(32)13-4-15-29(18-14-27)20-22-9-11-23(12-10-22)33-19-5-17-30-16-3-8-26(30)31/h1-2,6-7,9-12,32H,3-5,8,13-21H2. The number of hydrogen-bond donors (Lipinski definition) is 1. The summed E-state index contributed by atoms with van der Waals surface area (Å²) in [6.07, 6.45) is 4.57. The van der Waals surface area contributed by atoms with Crippen LogP contribution in [0.2, 0.25) is 0 Å². The van der Waals surface area contributed by atoms with Crippen molar-refractivity contribution in [3.05, 3.63) is 59.9 Å². The first-order valence-corrected chi connectivity index (χ1v) is 12.3. The minimum Gasteiger partial charge on any atom is -0.494 e. The maximum atomic E-state index is 13.8. The third-order valence-corrected chi connectivity index (χ3v) is 6.68. The van der Waals surface area contributed by atoms with E-state index in [4.69, 9.17) is 9.47 Å². The van der Waals surface area contributed by atoms with Crippen molar-refractivity contribution in [2.75, 3.05) is 39.4 Å². The first kappa shape index (κ1) is 24.5. The Bertz CT molecular complexity index is 938. The number of para-hydroxylation sites is 1. The van der Waals surface area contributed by atoms with Gasteiger partial charge in [0.1, 0.15) is 12.4 Å². The van der Waals surface area contributed by atoms with Crippen LogP contribution < -0.4 is 9.47 Å². The fourth-order valence-corrected chi connectivity index (χ4v) is 4.65. The molecule has 4 rings (SSSR count). The number of aliphatic hydroxyl groups is 1. The van der Waals surface area contributed by atoms with Gasteiger partial charge in [0.25, 0.3) is 0 Å². The second-order valence-corrected chi connectivity index (χ2v) is 9.40. The van der Waals surface area contributed by atoms with Crippen LogP contribution in [0.1, 0.15) is 44.1 Å². The Morgan fingerprint density at radius 1 is 0.971 bits per heavy atom. The molecule has 6 nitrogen and oxygen atoms in total. The molecule has 2 aliphatic heterocycles. The van der Waals surface area contributed by atoms with Crippen molar-refractivity contribution < 1.29 is 23.8 Å². The number of likely N-dealkylation sites (tertiary alicyclic amines) is 2. The summed E-state index contributed by atoms with van der Waals surface area (Å²) >= 11 is 0.